The molecule has 0 radical (unpaired) electrons. The van der Waals surface area contributed by atoms with E-state index in [4.69, 9.17) is 4.74 Å². The first-order chi connectivity index (χ1) is 9.52. The van der Waals surface area contributed by atoms with Gasteiger partial charge in [-0.15, -0.1) is 0 Å². The number of nitrogens with one attached hydrogen (secondary N) is 2. The fraction of sp³-hybridized carbons (Fsp3) is 0.538. The minimum absolute atomic E-state index is 0.0761. The molecule has 7 heteroatoms. The van der Waals surface area contributed by atoms with Crippen LogP contribution in [0.4, 0.5) is 0 Å². The number of hydrogen-bond donors (Lipinski definition) is 2. The molecule has 1 aliphatic heterocycles. The minimum atomic E-state index is -3.16. The lowest BCUT2D eigenvalue weighted by atomic mass is 10.0. The standard InChI is InChI=1S/C13H19BrN2O3S/c1-15-20(17,18)8-6-16-12-3-2-7-19-13-9-10(14)4-5-11(12)13/h4-5,9,12,15-16H,2-3,6-8H2,1H3. The van der Waals surface area contributed by atoms with Crippen molar-refractivity contribution in [2.45, 2.75) is 18.9 Å². The van der Waals surface area contributed by atoms with E-state index in [0.29, 0.717) is 13.2 Å². The van der Waals surface area contributed by atoms with Crippen molar-refractivity contribution in [3.05, 3.63) is 28.2 Å². The normalized spacial score (nSPS) is 19.0. The van der Waals surface area contributed by atoms with Crippen molar-refractivity contribution in [2.75, 3.05) is 26.0 Å². The molecular formula is C13H19BrN2O3S. The largest absolute Gasteiger partial charge is 0.493 e. The Bertz CT molecular complexity index is 563. The van der Waals surface area contributed by atoms with Crippen LogP contribution < -0.4 is 14.8 Å². The van der Waals surface area contributed by atoms with Gasteiger partial charge in [0.2, 0.25) is 10.0 Å². The van der Waals surface area contributed by atoms with E-state index < -0.39 is 10.0 Å². The number of halogens is 1. The molecule has 2 rings (SSSR count). The van der Waals surface area contributed by atoms with E-state index in [2.05, 4.69) is 26.0 Å². The van der Waals surface area contributed by atoms with Gasteiger partial charge in [0.15, 0.2) is 0 Å². The smallest absolute Gasteiger partial charge is 0.212 e. The molecule has 1 unspecified atom stereocenters. The van der Waals surface area contributed by atoms with Crippen LogP contribution >= 0.6 is 15.9 Å². The highest BCUT2D eigenvalue weighted by atomic mass is 79.9. The molecule has 2 N–H and O–H groups in total. The van der Waals surface area contributed by atoms with Crippen LogP contribution in [-0.2, 0) is 10.0 Å². The molecule has 5 nitrogen and oxygen atoms in total. The second kappa shape index (κ2) is 6.89. The molecule has 0 saturated heterocycles. The van der Waals surface area contributed by atoms with Crippen molar-refractivity contribution < 1.29 is 13.2 Å². The lowest BCUT2D eigenvalue weighted by Crippen LogP contribution is -2.31. The first-order valence-corrected chi connectivity index (χ1v) is 9.03. The van der Waals surface area contributed by atoms with Crippen molar-refractivity contribution in [2.24, 2.45) is 0 Å². The summed E-state index contributed by atoms with van der Waals surface area (Å²) in [6, 6.07) is 6.09. The molecule has 0 amide bonds. The molecule has 0 aromatic heterocycles. The summed E-state index contributed by atoms with van der Waals surface area (Å²) in [6.45, 7) is 1.11. The SMILES string of the molecule is CNS(=O)(=O)CCNC1CCCOc2cc(Br)ccc21. The van der Waals surface area contributed by atoms with E-state index in [9.17, 15) is 8.42 Å². The molecule has 0 saturated carbocycles. The van der Waals surface area contributed by atoms with Gasteiger partial charge in [-0.05, 0) is 32.0 Å². The fourth-order valence-electron chi connectivity index (χ4n) is 2.23. The van der Waals surface area contributed by atoms with E-state index in [-0.39, 0.29) is 11.8 Å². The average molecular weight is 363 g/mol. The van der Waals surface area contributed by atoms with Gasteiger partial charge in [-0.1, -0.05) is 22.0 Å². The third kappa shape index (κ3) is 4.18. The predicted octanol–water partition coefficient (Wildman–Crippen LogP) is 1.80. The number of ether oxygens (including phenoxy) is 1. The Kier molecular flexibility index (Phi) is 5.42. The van der Waals surface area contributed by atoms with Gasteiger partial charge in [-0.2, -0.15) is 0 Å². The number of fused-ring (bicyclic) bond motifs is 1. The van der Waals surface area contributed by atoms with Crippen molar-refractivity contribution in [3.8, 4) is 5.75 Å². The summed E-state index contributed by atoms with van der Waals surface area (Å²) in [5.41, 5.74) is 1.09. The second-order valence-electron chi connectivity index (χ2n) is 4.70. The van der Waals surface area contributed by atoms with Gasteiger partial charge in [0.25, 0.3) is 0 Å². The molecule has 20 heavy (non-hydrogen) atoms. The zero-order chi connectivity index (χ0) is 14.6. The van der Waals surface area contributed by atoms with Gasteiger partial charge in [0.1, 0.15) is 5.75 Å². The summed E-state index contributed by atoms with van der Waals surface area (Å²) in [4.78, 5) is 0. The number of benzene rings is 1. The van der Waals surface area contributed by atoms with Crippen LogP contribution in [0.25, 0.3) is 0 Å². The van der Waals surface area contributed by atoms with Crippen LogP contribution in [0, 0.1) is 0 Å². The first kappa shape index (κ1) is 15.8. The maximum absolute atomic E-state index is 11.4. The Balaban J connectivity index is 2.05. The maximum Gasteiger partial charge on any atom is 0.212 e. The highest BCUT2D eigenvalue weighted by molar-refractivity contribution is 9.10. The lowest BCUT2D eigenvalue weighted by molar-refractivity contribution is 0.315. The van der Waals surface area contributed by atoms with Gasteiger partial charge in [-0.25, -0.2) is 13.1 Å². The number of rotatable bonds is 5. The summed E-state index contributed by atoms with van der Waals surface area (Å²) < 4.78 is 31.9. The maximum atomic E-state index is 11.4. The van der Waals surface area contributed by atoms with Crippen molar-refractivity contribution in [1.82, 2.24) is 10.0 Å². The quantitative estimate of drug-likeness (QED) is 0.837. The van der Waals surface area contributed by atoms with E-state index in [1.54, 1.807) is 0 Å². The van der Waals surface area contributed by atoms with Crippen molar-refractivity contribution in [1.29, 1.82) is 0 Å². The second-order valence-corrected chi connectivity index (χ2v) is 7.66. The van der Waals surface area contributed by atoms with Gasteiger partial charge < -0.3 is 10.1 Å². The molecule has 1 heterocycles. The highest BCUT2D eigenvalue weighted by Gasteiger charge is 2.20. The van der Waals surface area contributed by atoms with Crippen molar-refractivity contribution in [3.63, 3.8) is 0 Å². The summed E-state index contributed by atoms with van der Waals surface area (Å²) >= 11 is 3.44. The van der Waals surface area contributed by atoms with Crippen LogP contribution in [0.15, 0.2) is 22.7 Å². The topological polar surface area (TPSA) is 67.4 Å². The van der Waals surface area contributed by atoms with E-state index in [1.807, 2.05) is 18.2 Å². The lowest BCUT2D eigenvalue weighted by Gasteiger charge is -2.18. The zero-order valence-corrected chi connectivity index (χ0v) is 13.8. The third-order valence-electron chi connectivity index (χ3n) is 3.32. The molecule has 0 bridgehead atoms. The first-order valence-electron chi connectivity index (χ1n) is 6.59. The van der Waals surface area contributed by atoms with Crippen LogP contribution in [0.5, 0.6) is 5.75 Å². The summed E-state index contributed by atoms with van der Waals surface area (Å²) in [7, 11) is -1.73. The molecule has 1 aromatic rings. The summed E-state index contributed by atoms with van der Waals surface area (Å²) in [6.07, 6.45) is 1.89. The van der Waals surface area contributed by atoms with Gasteiger partial charge in [-0.3, -0.25) is 0 Å². The molecule has 0 aliphatic carbocycles. The van der Waals surface area contributed by atoms with Crippen LogP contribution in [0.1, 0.15) is 24.4 Å². The Morgan fingerprint density at radius 3 is 3.00 bits per heavy atom. The predicted molar refractivity (Wildman–Crippen MR) is 82.5 cm³/mol. The Labute approximate surface area is 128 Å². The summed E-state index contributed by atoms with van der Waals surface area (Å²) in [5.74, 6) is 0.943. The molecule has 0 spiro atoms. The van der Waals surface area contributed by atoms with Crippen LogP contribution in [-0.4, -0.2) is 34.4 Å². The van der Waals surface area contributed by atoms with E-state index in [0.717, 1.165) is 28.6 Å². The monoisotopic (exact) mass is 362 g/mol. The minimum Gasteiger partial charge on any atom is -0.493 e. The Morgan fingerprint density at radius 1 is 1.45 bits per heavy atom. The molecule has 0 fully saturated rings. The Hall–Kier alpha value is -0.630. The third-order valence-corrected chi connectivity index (χ3v) is 5.18. The molecule has 1 atom stereocenters. The van der Waals surface area contributed by atoms with Gasteiger partial charge >= 0.3 is 0 Å². The fourth-order valence-corrected chi connectivity index (χ4v) is 3.16. The van der Waals surface area contributed by atoms with Crippen LogP contribution in [0.2, 0.25) is 0 Å². The highest BCUT2D eigenvalue weighted by Crippen LogP contribution is 2.33. The molecule has 1 aromatic carbocycles. The van der Waals surface area contributed by atoms with E-state index in [1.165, 1.54) is 7.05 Å². The zero-order valence-electron chi connectivity index (χ0n) is 11.4. The number of sulfonamides is 1. The van der Waals surface area contributed by atoms with Gasteiger partial charge in [0, 0.05) is 22.6 Å². The van der Waals surface area contributed by atoms with Gasteiger partial charge in [0.05, 0.1) is 12.4 Å². The molecular weight excluding hydrogens is 344 g/mol. The number of hydrogen-bond acceptors (Lipinski definition) is 4. The Morgan fingerprint density at radius 2 is 2.25 bits per heavy atom. The van der Waals surface area contributed by atoms with E-state index >= 15 is 0 Å². The molecule has 1 aliphatic rings. The average Bonchev–Trinajstić information content (AvgIpc) is 2.61. The van der Waals surface area contributed by atoms with Crippen molar-refractivity contribution >= 4 is 26.0 Å². The summed E-state index contributed by atoms with van der Waals surface area (Å²) in [5, 5.41) is 3.31. The van der Waals surface area contributed by atoms with Crippen LogP contribution in [0.3, 0.4) is 0 Å². The molecule has 112 valence electrons.